The van der Waals surface area contributed by atoms with E-state index in [1.165, 1.54) is 11.3 Å². The molecule has 1 unspecified atom stereocenters. The maximum Gasteiger partial charge on any atom is 0.287 e. The Labute approximate surface area is 178 Å². The van der Waals surface area contributed by atoms with Crippen molar-refractivity contribution in [3.8, 4) is 5.75 Å². The first-order valence-electron chi connectivity index (χ1n) is 9.59. The summed E-state index contributed by atoms with van der Waals surface area (Å²) in [5, 5.41) is 5.75. The zero-order valence-electron chi connectivity index (χ0n) is 16.1. The molecule has 1 atom stereocenters. The Morgan fingerprint density at radius 3 is 2.97 bits per heavy atom. The van der Waals surface area contributed by atoms with Crippen molar-refractivity contribution in [2.24, 2.45) is 5.73 Å². The molecule has 0 saturated carbocycles. The van der Waals surface area contributed by atoms with Crippen LogP contribution < -0.4 is 26.7 Å². The number of fused-ring (bicyclic) bond motifs is 4. The molecule has 3 heterocycles. The molecule has 0 fully saturated rings. The van der Waals surface area contributed by atoms with E-state index in [9.17, 15) is 19.2 Å². The van der Waals surface area contributed by atoms with E-state index in [-0.39, 0.29) is 24.9 Å². The minimum atomic E-state index is -0.544. The summed E-state index contributed by atoms with van der Waals surface area (Å²) < 4.78 is 5.31. The summed E-state index contributed by atoms with van der Waals surface area (Å²) in [6, 6.07) is 5.19. The molecule has 0 radical (unpaired) electrons. The van der Waals surface area contributed by atoms with E-state index in [0.717, 1.165) is 10.4 Å². The number of nitrogens with zero attached hydrogens (tertiary/aromatic N) is 1. The van der Waals surface area contributed by atoms with Crippen LogP contribution in [0.2, 0.25) is 0 Å². The van der Waals surface area contributed by atoms with E-state index in [4.69, 9.17) is 10.5 Å². The molecule has 1 aliphatic carbocycles. The molecule has 1 aromatic carbocycles. The quantitative estimate of drug-likeness (QED) is 0.470. The molecule has 3 aromatic rings. The van der Waals surface area contributed by atoms with Crippen LogP contribution in [0, 0.1) is 0 Å². The zero-order chi connectivity index (χ0) is 21.7. The third-order valence-corrected chi connectivity index (χ3v) is 6.53. The van der Waals surface area contributed by atoms with Crippen molar-refractivity contribution in [3.05, 3.63) is 50.4 Å². The Bertz CT molecular complexity index is 1330. The Hall–Kier alpha value is -3.73. The third-order valence-electron chi connectivity index (χ3n) is 5.37. The highest BCUT2D eigenvalue weighted by molar-refractivity contribution is 7.18. The van der Waals surface area contributed by atoms with Gasteiger partial charge in [-0.25, -0.2) is 4.98 Å². The lowest BCUT2D eigenvalue weighted by atomic mass is 10.0. The van der Waals surface area contributed by atoms with Gasteiger partial charge >= 0.3 is 0 Å². The molecule has 5 rings (SSSR count). The Morgan fingerprint density at radius 2 is 2.16 bits per heavy atom. The van der Waals surface area contributed by atoms with E-state index in [2.05, 4.69) is 20.6 Å². The van der Waals surface area contributed by atoms with E-state index in [1.807, 2.05) is 0 Å². The Morgan fingerprint density at radius 1 is 1.32 bits per heavy atom. The number of carbonyl (C=O) groups excluding carboxylic acids is 3. The van der Waals surface area contributed by atoms with Crippen LogP contribution in [-0.2, 0) is 22.6 Å². The molecule has 31 heavy (non-hydrogen) atoms. The predicted octanol–water partition coefficient (Wildman–Crippen LogP) is 0.761. The van der Waals surface area contributed by atoms with Gasteiger partial charge in [0, 0.05) is 11.4 Å². The highest BCUT2D eigenvalue weighted by atomic mass is 32.1. The summed E-state index contributed by atoms with van der Waals surface area (Å²) in [6.45, 7) is 0.130. The highest BCUT2D eigenvalue weighted by Gasteiger charge is 2.33. The number of aromatic nitrogens is 2. The molecule has 0 spiro atoms. The van der Waals surface area contributed by atoms with Crippen molar-refractivity contribution >= 4 is 45.0 Å². The number of H-pyrrole nitrogens is 1. The SMILES string of the molecule is NC(=O)C1CCc2sc3nc(C(=O)NCc4ccc5c(c4)NC(=O)CO5)[nH]c(=O)c3c21. The van der Waals surface area contributed by atoms with Gasteiger partial charge in [0.1, 0.15) is 10.6 Å². The summed E-state index contributed by atoms with van der Waals surface area (Å²) in [5.74, 6) is -1.30. The van der Waals surface area contributed by atoms with Crippen LogP contribution in [0.5, 0.6) is 5.75 Å². The molecule has 0 saturated heterocycles. The van der Waals surface area contributed by atoms with Gasteiger partial charge in [0.05, 0.1) is 17.0 Å². The summed E-state index contributed by atoms with van der Waals surface area (Å²) in [6.07, 6.45) is 1.24. The van der Waals surface area contributed by atoms with Crippen molar-refractivity contribution in [1.29, 1.82) is 0 Å². The van der Waals surface area contributed by atoms with Crippen molar-refractivity contribution in [2.75, 3.05) is 11.9 Å². The number of hydrogen-bond acceptors (Lipinski definition) is 7. The number of rotatable bonds is 4. The number of primary amides is 1. The third kappa shape index (κ3) is 3.32. The minimum Gasteiger partial charge on any atom is -0.482 e. The first-order valence-corrected chi connectivity index (χ1v) is 10.4. The average molecular weight is 439 g/mol. The molecule has 3 amide bonds. The topological polar surface area (TPSA) is 156 Å². The lowest BCUT2D eigenvalue weighted by Gasteiger charge is -2.18. The van der Waals surface area contributed by atoms with Crippen LogP contribution in [0.15, 0.2) is 23.0 Å². The van der Waals surface area contributed by atoms with E-state index >= 15 is 0 Å². The Balaban J connectivity index is 1.37. The fourth-order valence-corrected chi connectivity index (χ4v) is 5.20. The van der Waals surface area contributed by atoms with Crippen molar-refractivity contribution in [2.45, 2.75) is 25.3 Å². The van der Waals surface area contributed by atoms with E-state index in [0.29, 0.717) is 40.1 Å². The predicted molar refractivity (Wildman–Crippen MR) is 112 cm³/mol. The lowest BCUT2D eigenvalue weighted by Crippen LogP contribution is -2.28. The second kappa shape index (κ2) is 7.20. The minimum absolute atomic E-state index is 0.0308. The monoisotopic (exact) mass is 439 g/mol. The number of aromatic amines is 1. The smallest absolute Gasteiger partial charge is 0.287 e. The molecule has 11 heteroatoms. The standard InChI is InChI=1S/C20H17N5O5S/c21-16(27)9-2-4-12-14(9)15-18(28)24-17(25-20(15)31-12)19(29)22-6-8-1-3-11-10(5-8)23-13(26)7-30-11/h1,3,5,9H,2,4,6-7H2,(H2,21,27)(H,22,29)(H,23,26)(H,24,25,28). The lowest BCUT2D eigenvalue weighted by molar-refractivity contribution is -0.119. The number of benzene rings is 1. The second-order valence-electron chi connectivity index (χ2n) is 7.38. The fourth-order valence-electron chi connectivity index (χ4n) is 3.95. The first kappa shape index (κ1) is 19.2. The summed E-state index contributed by atoms with van der Waals surface area (Å²) in [7, 11) is 0. The van der Waals surface area contributed by atoms with Crippen molar-refractivity contribution in [3.63, 3.8) is 0 Å². The van der Waals surface area contributed by atoms with Crippen LogP contribution in [0.25, 0.3) is 10.2 Å². The second-order valence-corrected chi connectivity index (χ2v) is 8.46. The molecule has 5 N–H and O–H groups in total. The van der Waals surface area contributed by atoms with Crippen LogP contribution in [0.4, 0.5) is 5.69 Å². The normalized spacial score (nSPS) is 16.9. The van der Waals surface area contributed by atoms with Crippen molar-refractivity contribution in [1.82, 2.24) is 15.3 Å². The molecule has 1 aliphatic heterocycles. The van der Waals surface area contributed by atoms with Gasteiger partial charge in [0.15, 0.2) is 6.61 Å². The number of nitrogens with one attached hydrogen (secondary N) is 3. The zero-order valence-corrected chi connectivity index (χ0v) is 16.9. The maximum atomic E-state index is 12.7. The number of hydrogen-bond donors (Lipinski definition) is 4. The summed E-state index contributed by atoms with van der Waals surface area (Å²) >= 11 is 1.31. The van der Waals surface area contributed by atoms with Gasteiger partial charge in [0.25, 0.3) is 17.4 Å². The first-order chi connectivity index (χ1) is 14.9. The van der Waals surface area contributed by atoms with Crippen LogP contribution >= 0.6 is 11.3 Å². The van der Waals surface area contributed by atoms with Crippen LogP contribution in [0.1, 0.15) is 39.0 Å². The van der Waals surface area contributed by atoms with E-state index < -0.39 is 23.3 Å². The van der Waals surface area contributed by atoms with Gasteiger partial charge < -0.3 is 26.1 Å². The summed E-state index contributed by atoms with van der Waals surface area (Å²) in [4.78, 5) is 56.6. The summed E-state index contributed by atoms with van der Waals surface area (Å²) in [5.41, 5.74) is 6.93. The maximum absolute atomic E-state index is 12.7. The number of aryl methyl sites for hydroxylation is 1. The molecule has 2 aliphatic rings. The van der Waals surface area contributed by atoms with Crippen LogP contribution in [0.3, 0.4) is 0 Å². The number of thiophene rings is 1. The molecule has 2 aromatic heterocycles. The van der Waals surface area contributed by atoms with Crippen LogP contribution in [-0.4, -0.2) is 34.3 Å². The molecule has 158 valence electrons. The van der Waals surface area contributed by atoms with Gasteiger partial charge in [0.2, 0.25) is 11.7 Å². The fraction of sp³-hybridized carbons (Fsp3) is 0.250. The average Bonchev–Trinajstić information content (AvgIpc) is 3.30. The molecule has 0 bridgehead atoms. The van der Waals surface area contributed by atoms with Gasteiger partial charge in [-0.2, -0.15) is 0 Å². The number of nitrogens with two attached hydrogens (primary N) is 1. The Kier molecular flexibility index (Phi) is 4.47. The van der Waals surface area contributed by atoms with E-state index in [1.54, 1.807) is 18.2 Å². The molecular formula is C20H17N5O5S. The highest BCUT2D eigenvalue weighted by Crippen LogP contribution is 2.41. The number of ether oxygens (including phenoxy) is 1. The largest absolute Gasteiger partial charge is 0.482 e. The van der Waals surface area contributed by atoms with Gasteiger partial charge in [-0.3, -0.25) is 19.2 Å². The van der Waals surface area contributed by atoms with Crippen molar-refractivity contribution < 1.29 is 19.1 Å². The number of carbonyl (C=O) groups is 3. The van der Waals surface area contributed by atoms with Gasteiger partial charge in [-0.1, -0.05) is 6.07 Å². The van der Waals surface area contributed by atoms with Gasteiger partial charge in [-0.05, 0) is 36.1 Å². The molecular weight excluding hydrogens is 422 g/mol. The van der Waals surface area contributed by atoms with Gasteiger partial charge in [-0.15, -0.1) is 11.3 Å². The molecule has 10 nitrogen and oxygen atoms in total. The number of amides is 3. The number of anilines is 1.